The number of urea groups is 1. The third kappa shape index (κ3) is 6.20. The minimum atomic E-state index is -1.23. The Morgan fingerprint density at radius 3 is 2.11 bits per heavy atom. The number of hydrogen-bond acceptors (Lipinski definition) is 4. The molecule has 0 aliphatic carbocycles. The van der Waals surface area contributed by atoms with Gasteiger partial charge in [-0.15, -0.1) is 0 Å². The second kappa shape index (κ2) is 7.85. The van der Waals surface area contributed by atoms with Crippen LogP contribution in [0.5, 0.6) is 0 Å². The van der Waals surface area contributed by atoms with Gasteiger partial charge in [0.05, 0.1) is 0 Å². The van der Waals surface area contributed by atoms with Crippen molar-refractivity contribution in [2.24, 2.45) is 0 Å². The van der Waals surface area contributed by atoms with Gasteiger partial charge in [-0.2, -0.15) is 0 Å². The SMILES string of the molecule is CNC(=O)CCNC(=O)NC(=O)/C(C)=C(/C)C(=O)O. The summed E-state index contributed by atoms with van der Waals surface area (Å²) in [5, 5.41) is 15.3. The molecule has 0 bridgehead atoms. The van der Waals surface area contributed by atoms with E-state index in [9.17, 15) is 19.2 Å². The molecule has 0 saturated carbocycles. The highest BCUT2D eigenvalue weighted by molar-refractivity contribution is 6.07. The molecule has 8 nitrogen and oxygen atoms in total. The van der Waals surface area contributed by atoms with E-state index in [0.29, 0.717) is 0 Å². The van der Waals surface area contributed by atoms with Crippen molar-refractivity contribution in [1.29, 1.82) is 0 Å². The van der Waals surface area contributed by atoms with Crippen LogP contribution in [0.4, 0.5) is 4.79 Å². The Morgan fingerprint density at radius 2 is 1.63 bits per heavy atom. The second-order valence-corrected chi connectivity index (χ2v) is 3.69. The molecule has 0 aromatic heterocycles. The van der Waals surface area contributed by atoms with Crippen molar-refractivity contribution in [1.82, 2.24) is 16.0 Å². The van der Waals surface area contributed by atoms with Gasteiger partial charge in [-0.1, -0.05) is 0 Å². The third-order valence-electron chi connectivity index (χ3n) is 2.37. The van der Waals surface area contributed by atoms with Crippen molar-refractivity contribution in [2.45, 2.75) is 20.3 Å². The maximum atomic E-state index is 11.5. The number of rotatable bonds is 5. The highest BCUT2D eigenvalue weighted by Gasteiger charge is 2.14. The van der Waals surface area contributed by atoms with Crippen LogP contribution in [0.3, 0.4) is 0 Å². The summed E-state index contributed by atoms with van der Waals surface area (Å²) >= 11 is 0. The summed E-state index contributed by atoms with van der Waals surface area (Å²) in [6.07, 6.45) is 0.0844. The van der Waals surface area contributed by atoms with Gasteiger partial charge in [0, 0.05) is 31.2 Å². The number of carboxylic acid groups (broad SMARTS) is 1. The molecular formula is C11H17N3O5. The number of aliphatic carboxylic acids is 1. The fourth-order valence-electron chi connectivity index (χ4n) is 0.986. The lowest BCUT2D eigenvalue weighted by Crippen LogP contribution is -2.41. The molecule has 0 saturated heterocycles. The van der Waals surface area contributed by atoms with Crippen molar-refractivity contribution in [3.05, 3.63) is 11.1 Å². The first-order valence-corrected chi connectivity index (χ1v) is 5.50. The zero-order chi connectivity index (χ0) is 15.0. The molecule has 0 spiro atoms. The summed E-state index contributed by atoms with van der Waals surface area (Å²) in [4.78, 5) is 44.2. The van der Waals surface area contributed by atoms with Gasteiger partial charge in [-0.3, -0.25) is 14.9 Å². The Morgan fingerprint density at radius 1 is 1.05 bits per heavy atom. The molecule has 4 amide bonds. The Kier molecular flexibility index (Phi) is 6.87. The predicted octanol–water partition coefficient (Wildman–Crippen LogP) is -0.631. The van der Waals surface area contributed by atoms with Gasteiger partial charge in [0.1, 0.15) is 0 Å². The minimum Gasteiger partial charge on any atom is -0.478 e. The molecule has 0 atom stereocenters. The fraction of sp³-hybridized carbons (Fsp3) is 0.455. The number of carbonyl (C=O) groups is 4. The highest BCUT2D eigenvalue weighted by atomic mass is 16.4. The summed E-state index contributed by atoms with van der Waals surface area (Å²) < 4.78 is 0. The molecule has 0 aromatic carbocycles. The van der Waals surface area contributed by atoms with E-state index in [1.54, 1.807) is 0 Å². The van der Waals surface area contributed by atoms with Crippen LogP contribution >= 0.6 is 0 Å². The van der Waals surface area contributed by atoms with Crippen molar-refractivity contribution >= 4 is 23.8 Å². The summed E-state index contributed by atoms with van der Waals surface area (Å²) in [6, 6.07) is -0.786. The maximum absolute atomic E-state index is 11.5. The van der Waals surface area contributed by atoms with Crippen LogP contribution in [0.25, 0.3) is 0 Å². The first kappa shape index (κ1) is 16.6. The summed E-state index contributed by atoms with van der Waals surface area (Å²) in [5.41, 5.74) is -0.204. The van der Waals surface area contributed by atoms with Gasteiger partial charge in [-0.25, -0.2) is 9.59 Å². The molecular weight excluding hydrogens is 254 g/mol. The van der Waals surface area contributed by atoms with Crippen molar-refractivity contribution in [3.8, 4) is 0 Å². The Hall–Kier alpha value is -2.38. The number of carbonyl (C=O) groups excluding carboxylic acids is 3. The first-order chi connectivity index (χ1) is 8.79. The number of amides is 4. The Bertz CT molecular complexity index is 428. The molecule has 106 valence electrons. The summed E-state index contributed by atoms with van der Waals surface area (Å²) in [6.45, 7) is 2.64. The van der Waals surface area contributed by atoms with Crippen LogP contribution in [0.2, 0.25) is 0 Å². The van der Waals surface area contributed by atoms with Gasteiger partial charge in [0.2, 0.25) is 5.91 Å². The minimum absolute atomic E-state index is 0.0612. The first-order valence-electron chi connectivity index (χ1n) is 5.50. The van der Waals surface area contributed by atoms with Gasteiger partial charge in [0.25, 0.3) is 5.91 Å². The monoisotopic (exact) mass is 271 g/mol. The summed E-state index contributed by atoms with van der Waals surface area (Å²) in [5.74, 6) is -2.27. The molecule has 0 radical (unpaired) electrons. The van der Waals surface area contributed by atoms with Crippen molar-refractivity contribution < 1.29 is 24.3 Å². The van der Waals surface area contributed by atoms with Crippen LogP contribution in [-0.4, -0.2) is 42.5 Å². The largest absolute Gasteiger partial charge is 0.478 e. The van der Waals surface area contributed by atoms with Gasteiger partial charge >= 0.3 is 12.0 Å². The lowest BCUT2D eigenvalue weighted by molar-refractivity contribution is -0.133. The van der Waals surface area contributed by atoms with Crippen LogP contribution in [0.15, 0.2) is 11.1 Å². The van der Waals surface area contributed by atoms with Gasteiger partial charge in [-0.05, 0) is 13.8 Å². The van der Waals surface area contributed by atoms with E-state index >= 15 is 0 Å². The van der Waals surface area contributed by atoms with Gasteiger partial charge < -0.3 is 15.7 Å². The smallest absolute Gasteiger partial charge is 0.331 e. The molecule has 8 heteroatoms. The van der Waals surface area contributed by atoms with E-state index in [4.69, 9.17) is 5.11 Å². The molecule has 0 fully saturated rings. The molecule has 4 N–H and O–H groups in total. The molecule has 0 unspecified atom stereocenters. The average molecular weight is 271 g/mol. The van der Waals surface area contributed by atoms with Crippen LogP contribution in [-0.2, 0) is 14.4 Å². The molecule has 0 aliphatic rings. The van der Waals surface area contributed by atoms with Crippen LogP contribution in [0, 0.1) is 0 Å². The average Bonchev–Trinajstić information content (AvgIpc) is 2.36. The van der Waals surface area contributed by atoms with E-state index in [1.807, 2.05) is 5.32 Å². The predicted molar refractivity (Wildman–Crippen MR) is 66.2 cm³/mol. The maximum Gasteiger partial charge on any atom is 0.331 e. The lowest BCUT2D eigenvalue weighted by Gasteiger charge is -2.07. The quantitative estimate of drug-likeness (QED) is 0.495. The van der Waals surface area contributed by atoms with Gasteiger partial charge in [0.15, 0.2) is 0 Å². The number of imide groups is 1. The van der Waals surface area contributed by atoms with E-state index < -0.39 is 17.9 Å². The van der Waals surface area contributed by atoms with Crippen molar-refractivity contribution in [2.75, 3.05) is 13.6 Å². The third-order valence-corrected chi connectivity index (χ3v) is 2.37. The van der Waals surface area contributed by atoms with Crippen LogP contribution < -0.4 is 16.0 Å². The summed E-state index contributed by atoms with van der Waals surface area (Å²) in [7, 11) is 1.47. The molecule has 19 heavy (non-hydrogen) atoms. The standard InChI is InChI=1S/C11H17N3O5/c1-6(7(2)10(17)18)9(16)14-11(19)13-5-4-8(15)12-3/h4-5H2,1-3H3,(H,12,15)(H,17,18)(H2,13,14,16,19)/b7-6-. The van der Waals surface area contributed by atoms with Crippen molar-refractivity contribution in [3.63, 3.8) is 0 Å². The topological polar surface area (TPSA) is 125 Å². The molecule has 0 rings (SSSR count). The highest BCUT2D eigenvalue weighted by Crippen LogP contribution is 2.03. The normalized spacial score (nSPS) is 11.1. The van der Waals surface area contributed by atoms with E-state index in [1.165, 1.54) is 20.9 Å². The molecule has 0 heterocycles. The Balaban J connectivity index is 4.28. The zero-order valence-corrected chi connectivity index (χ0v) is 11.0. The number of carboxylic acids is 1. The number of nitrogens with one attached hydrogen (secondary N) is 3. The fourth-order valence-corrected chi connectivity index (χ4v) is 0.986. The second-order valence-electron chi connectivity index (χ2n) is 3.69. The van der Waals surface area contributed by atoms with E-state index in [-0.39, 0.29) is 30.0 Å². The molecule has 0 aliphatic heterocycles. The Labute approximate surface area is 110 Å². The van der Waals surface area contributed by atoms with E-state index in [0.717, 1.165) is 0 Å². The van der Waals surface area contributed by atoms with Crippen LogP contribution in [0.1, 0.15) is 20.3 Å². The lowest BCUT2D eigenvalue weighted by atomic mass is 10.1. The number of hydrogen-bond donors (Lipinski definition) is 4. The zero-order valence-electron chi connectivity index (χ0n) is 11.0. The van der Waals surface area contributed by atoms with E-state index in [2.05, 4.69) is 10.6 Å². The molecule has 0 aromatic rings.